The first-order chi connectivity index (χ1) is 9.76. The molecule has 1 aromatic heterocycles. The average molecular weight is 272 g/mol. The molecule has 5 heteroatoms. The Morgan fingerprint density at radius 3 is 3.00 bits per heavy atom. The molecule has 0 bridgehead atoms. The molecule has 0 aromatic carbocycles. The number of nitriles is 1. The van der Waals surface area contributed by atoms with E-state index in [1.807, 2.05) is 11.0 Å². The van der Waals surface area contributed by atoms with Crippen LogP contribution in [-0.2, 0) is 0 Å². The lowest BCUT2D eigenvalue weighted by molar-refractivity contribution is 0.0643. The zero-order valence-corrected chi connectivity index (χ0v) is 11.8. The Morgan fingerprint density at radius 1 is 1.60 bits per heavy atom. The van der Waals surface area contributed by atoms with Gasteiger partial charge in [0.1, 0.15) is 11.8 Å². The molecule has 0 radical (unpaired) electrons. The number of carbonyl (C=O) groups is 1. The highest BCUT2D eigenvalue weighted by molar-refractivity contribution is 5.92. The van der Waals surface area contributed by atoms with Crippen LogP contribution in [0.3, 0.4) is 0 Å². The number of piperidine rings is 1. The number of nitrogens with one attached hydrogen (secondary N) is 1. The third-order valence-electron chi connectivity index (χ3n) is 3.55. The van der Waals surface area contributed by atoms with Gasteiger partial charge in [-0.15, -0.1) is 0 Å². The molecule has 1 aromatic rings. The van der Waals surface area contributed by atoms with Crippen molar-refractivity contribution < 1.29 is 4.79 Å². The molecule has 1 saturated heterocycles. The molecule has 106 valence electrons. The Bertz CT molecular complexity index is 486. The number of hydrogen-bond acceptors (Lipinski definition) is 4. The summed E-state index contributed by atoms with van der Waals surface area (Å²) in [6, 6.07) is 5.54. The van der Waals surface area contributed by atoms with E-state index in [0.717, 1.165) is 38.9 Å². The minimum atomic E-state index is -0.0370. The van der Waals surface area contributed by atoms with Gasteiger partial charge in [0.2, 0.25) is 0 Å². The van der Waals surface area contributed by atoms with Crippen molar-refractivity contribution in [1.29, 1.82) is 5.26 Å². The smallest absolute Gasteiger partial charge is 0.272 e. The van der Waals surface area contributed by atoms with Crippen LogP contribution in [-0.4, -0.2) is 41.5 Å². The fraction of sp³-hybridized carbons (Fsp3) is 0.533. The van der Waals surface area contributed by atoms with Crippen LogP contribution in [0.25, 0.3) is 0 Å². The lowest BCUT2D eigenvalue weighted by Gasteiger charge is -2.34. The first-order valence-electron chi connectivity index (χ1n) is 7.14. The molecule has 1 N–H and O–H groups in total. The van der Waals surface area contributed by atoms with Crippen molar-refractivity contribution >= 4 is 5.91 Å². The number of amides is 1. The standard InChI is InChI=1S/C15H20N4O/c1-2-8-19(13-4-3-7-17-11-13)15(20)14-6-5-12(9-16)10-18-14/h5-6,10,13,17H,2-4,7-8,11H2,1H3. The molecule has 1 aliphatic heterocycles. The van der Waals surface area contributed by atoms with E-state index in [2.05, 4.69) is 17.2 Å². The quantitative estimate of drug-likeness (QED) is 0.903. The third kappa shape index (κ3) is 3.34. The second-order valence-corrected chi connectivity index (χ2v) is 5.04. The van der Waals surface area contributed by atoms with Gasteiger partial charge in [-0.05, 0) is 37.9 Å². The second-order valence-electron chi connectivity index (χ2n) is 5.04. The fourth-order valence-corrected chi connectivity index (χ4v) is 2.52. The zero-order valence-electron chi connectivity index (χ0n) is 11.8. The largest absolute Gasteiger partial charge is 0.333 e. The Morgan fingerprint density at radius 2 is 2.45 bits per heavy atom. The van der Waals surface area contributed by atoms with Crippen LogP contribution in [0.1, 0.15) is 42.2 Å². The van der Waals surface area contributed by atoms with E-state index < -0.39 is 0 Å². The summed E-state index contributed by atoms with van der Waals surface area (Å²) < 4.78 is 0. The molecular weight excluding hydrogens is 252 g/mol. The number of rotatable bonds is 4. The van der Waals surface area contributed by atoms with E-state index in [1.165, 1.54) is 6.20 Å². The van der Waals surface area contributed by atoms with Crippen molar-refractivity contribution in [1.82, 2.24) is 15.2 Å². The molecule has 5 nitrogen and oxygen atoms in total. The van der Waals surface area contributed by atoms with Crippen LogP contribution in [0.15, 0.2) is 18.3 Å². The third-order valence-corrected chi connectivity index (χ3v) is 3.55. The highest BCUT2D eigenvalue weighted by Crippen LogP contribution is 2.14. The van der Waals surface area contributed by atoms with Crippen molar-refractivity contribution in [3.05, 3.63) is 29.6 Å². The van der Waals surface area contributed by atoms with Gasteiger partial charge in [-0.3, -0.25) is 4.79 Å². The number of hydrogen-bond donors (Lipinski definition) is 1. The Labute approximate surface area is 119 Å². The maximum atomic E-state index is 12.6. The van der Waals surface area contributed by atoms with Crippen LogP contribution in [0.2, 0.25) is 0 Å². The number of nitrogens with zero attached hydrogens (tertiary/aromatic N) is 3. The molecule has 2 rings (SSSR count). The van der Waals surface area contributed by atoms with Crippen LogP contribution in [0.5, 0.6) is 0 Å². The minimum Gasteiger partial charge on any atom is -0.333 e. The highest BCUT2D eigenvalue weighted by Gasteiger charge is 2.26. The van der Waals surface area contributed by atoms with Gasteiger partial charge in [-0.25, -0.2) is 4.98 Å². The molecule has 0 aliphatic carbocycles. The molecule has 2 heterocycles. The summed E-state index contributed by atoms with van der Waals surface area (Å²) in [5.74, 6) is -0.0370. The van der Waals surface area contributed by atoms with E-state index >= 15 is 0 Å². The first kappa shape index (κ1) is 14.5. The summed E-state index contributed by atoms with van der Waals surface area (Å²) in [4.78, 5) is 18.6. The predicted octanol–water partition coefficient (Wildman–Crippen LogP) is 1.56. The van der Waals surface area contributed by atoms with Crippen LogP contribution in [0, 0.1) is 11.3 Å². The summed E-state index contributed by atoms with van der Waals surface area (Å²) in [6.07, 6.45) is 4.52. The summed E-state index contributed by atoms with van der Waals surface area (Å²) in [7, 11) is 0. The van der Waals surface area contributed by atoms with Crippen LogP contribution >= 0.6 is 0 Å². The maximum Gasteiger partial charge on any atom is 0.272 e. The van der Waals surface area contributed by atoms with Gasteiger partial charge < -0.3 is 10.2 Å². The maximum absolute atomic E-state index is 12.6. The average Bonchev–Trinajstić information content (AvgIpc) is 2.53. The van der Waals surface area contributed by atoms with E-state index in [9.17, 15) is 4.79 Å². The van der Waals surface area contributed by atoms with Gasteiger partial charge in [0.15, 0.2) is 0 Å². The Balaban J connectivity index is 2.14. The number of pyridine rings is 1. The van der Waals surface area contributed by atoms with Gasteiger partial charge in [-0.2, -0.15) is 5.26 Å². The van der Waals surface area contributed by atoms with Crippen LogP contribution < -0.4 is 5.32 Å². The summed E-state index contributed by atoms with van der Waals surface area (Å²) in [5, 5.41) is 12.1. The molecule has 1 fully saturated rings. The van der Waals surface area contributed by atoms with Crippen molar-refractivity contribution in [2.75, 3.05) is 19.6 Å². The lowest BCUT2D eigenvalue weighted by Crippen LogP contribution is -2.49. The van der Waals surface area contributed by atoms with Gasteiger partial charge in [0, 0.05) is 25.3 Å². The molecular formula is C15H20N4O. The zero-order chi connectivity index (χ0) is 14.4. The van der Waals surface area contributed by atoms with Gasteiger partial charge in [0.05, 0.1) is 5.56 Å². The van der Waals surface area contributed by atoms with Crippen molar-refractivity contribution in [2.24, 2.45) is 0 Å². The van der Waals surface area contributed by atoms with Gasteiger partial charge in [0.25, 0.3) is 5.91 Å². The van der Waals surface area contributed by atoms with E-state index in [-0.39, 0.29) is 11.9 Å². The molecule has 0 spiro atoms. The molecule has 1 aliphatic rings. The van der Waals surface area contributed by atoms with Crippen LogP contribution in [0.4, 0.5) is 0 Å². The topological polar surface area (TPSA) is 69.0 Å². The number of aromatic nitrogens is 1. The minimum absolute atomic E-state index is 0.0370. The second kappa shape index (κ2) is 7.01. The SMILES string of the molecule is CCCN(C(=O)c1ccc(C#N)cn1)C1CCCNC1. The molecule has 1 amide bonds. The van der Waals surface area contributed by atoms with Crippen molar-refractivity contribution in [3.63, 3.8) is 0 Å². The molecule has 20 heavy (non-hydrogen) atoms. The predicted molar refractivity (Wildman–Crippen MR) is 76.2 cm³/mol. The Hall–Kier alpha value is -1.93. The molecule has 1 unspecified atom stereocenters. The first-order valence-corrected chi connectivity index (χ1v) is 7.14. The van der Waals surface area contributed by atoms with E-state index in [4.69, 9.17) is 5.26 Å². The fourth-order valence-electron chi connectivity index (χ4n) is 2.52. The van der Waals surface area contributed by atoms with Crippen molar-refractivity contribution in [2.45, 2.75) is 32.2 Å². The lowest BCUT2D eigenvalue weighted by atomic mass is 10.0. The monoisotopic (exact) mass is 272 g/mol. The Kier molecular flexibility index (Phi) is 5.08. The van der Waals surface area contributed by atoms with E-state index in [1.54, 1.807) is 12.1 Å². The summed E-state index contributed by atoms with van der Waals surface area (Å²) >= 11 is 0. The van der Waals surface area contributed by atoms with Gasteiger partial charge >= 0.3 is 0 Å². The van der Waals surface area contributed by atoms with Crippen molar-refractivity contribution in [3.8, 4) is 6.07 Å². The summed E-state index contributed by atoms with van der Waals surface area (Å²) in [6.45, 7) is 4.69. The number of carbonyl (C=O) groups excluding carboxylic acids is 1. The summed E-state index contributed by atoms with van der Waals surface area (Å²) in [5.41, 5.74) is 0.894. The van der Waals surface area contributed by atoms with Gasteiger partial charge in [-0.1, -0.05) is 6.92 Å². The molecule has 1 atom stereocenters. The highest BCUT2D eigenvalue weighted by atomic mass is 16.2. The molecule has 0 saturated carbocycles. The normalized spacial score (nSPS) is 18.3. The van der Waals surface area contributed by atoms with E-state index in [0.29, 0.717) is 11.3 Å².